The van der Waals surface area contributed by atoms with Crippen LogP contribution in [0.1, 0.15) is 27.3 Å². The van der Waals surface area contributed by atoms with E-state index in [9.17, 15) is 9.90 Å². The molecule has 4 aromatic rings. The van der Waals surface area contributed by atoms with Crippen LogP contribution in [0.2, 0.25) is 0 Å². The van der Waals surface area contributed by atoms with Gasteiger partial charge in [-0.3, -0.25) is 20.1 Å². The van der Waals surface area contributed by atoms with Crippen LogP contribution in [0.3, 0.4) is 0 Å². The molecule has 168 valence electrons. The minimum atomic E-state index is -0.372. The van der Waals surface area contributed by atoms with Crippen LogP contribution in [0.5, 0.6) is 10.9 Å². The fourth-order valence-electron chi connectivity index (χ4n) is 3.15. The lowest BCUT2D eigenvalue weighted by Gasteiger charge is -2.13. The number of hydrogen-bond donors (Lipinski definition) is 2. The number of nitrogens with zero attached hydrogens (tertiary/aromatic N) is 4. The maximum atomic E-state index is 13.1. The van der Waals surface area contributed by atoms with Gasteiger partial charge in [0, 0.05) is 29.2 Å². The van der Waals surface area contributed by atoms with E-state index in [1.54, 1.807) is 25.4 Å². The van der Waals surface area contributed by atoms with Crippen LogP contribution < -0.4 is 14.8 Å². The number of pyridine rings is 2. The Morgan fingerprint density at radius 3 is 2.79 bits per heavy atom. The SMILES string of the molecule is COc1ccccc1-c1cc(C)ncc1C(=O)Nc1nnc(OCc2cc(CO)ccn2)s1. The van der Waals surface area contributed by atoms with Crippen molar-refractivity contribution in [3.8, 4) is 22.1 Å². The lowest BCUT2D eigenvalue weighted by atomic mass is 9.99. The lowest BCUT2D eigenvalue weighted by molar-refractivity contribution is 0.102. The van der Waals surface area contributed by atoms with Gasteiger partial charge in [-0.05, 0) is 48.1 Å². The number of para-hydroxylation sites is 1. The highest BCUT2D eigenvalue weighted by Gasteiger charge is 2.18. The molecule has 0 aliphatic rings. The molecule has 10 heteroatoms. The molecule has 0 saturated carbocycles. The number of aryl methyl sites for hydroxylation is 1. The Bertz CT molecular complexity index is 1280. The zero-order chi connectivity index (χ0) is 23.2. The maximum Gasteiger partial charge on any atom is 0.296 e. The first-order valence-electron chi connectivity index (χ1n) is 9.99. The van der Waals surface area contributed by atoms with Crippen molar-refractivity contribution < 1.29 is 19.4 Å². The highest BCUT2D eigenvalue weighted by molar-refractivity contribution is 7.17. The van der Waals surface area contributed by atoms with Gasteiger partial charge in [-0.2, -0.15) is 0 Å². The Morgan fingerprint density at radius 1 is 1.12 bits per heavy atom. The number of rotatable bonds is 8. The van der Waals surface area contributed by atoms with Crippen LogP contribution in [0.15, 0.2) is 54.9 Å². The van der Waals surface area contributed by atoms with Crippen LogP contribution in [0, 0.1) is 6.92 Å². The topological polar surface area (TPSA) is 119 Å². The molecule has 0 saturated heterocycles. The number of carbonyl (C=O) groups excluding carboxylic acids is 1. The summed E-state index contributed by atoms with van der Waals surface area (Å²) in [5.74, 6) is 0.283. The second-order valence-electron chi connectivity index (χ2n) is 7.00. The molecule has 2 N–H and O–H groups in total. The summed E-state index contributed by atoms with van der Waals surface area (Å²) in [6.07, 6.45) is 3.13. The first kappa shape index (κ1) is 22.3. The number of hydrogen-bond acceptors (Lipinski definition) is 9. The fourth-order valence-corrected chi connectivity index (χ4v) is 3.75. The highest BCUT2D eigenvalue weighted by Crippen LogP contribution is 2.33. The van der Waals surface area contributed by atoms with E-state index in [4.69, 9.17) is 9.47 Å². The summed E-state index contributed by atoms with van der Waals surface area (Å²) < 4.78 is 11.1. The molecule has 3 aromatic heterocycles. The zero-order valence-electron chi connectivity index (χ0n) is 18.0. The predicted molar refractivity (Wildman–Crippen MR) is 123 cm³/mol. The third kappa shape index (κ3) is 5.30. The molecule has 0 bridgehead atoms. The molecular weight excluding hydrogens is 442 g/mol. The first-order chi connectivity index (χ1) is 16.1. The van der Waals surface area contributed by atoms with E-state index in [0.29, 0.717) is 27.7 Å². The van der Waals surface area contributed by atoms with Crippen molar-refractivity contribution in [2.75, 3.05) is 12.4 Å². The van der Waals surface area contributed by atoms with Crippen LogP contribution in [0.25, 0.3) is 11.1 Å². The summed E-state index contributed by atoms with van der Waals surface area (Å²) in [5.41, 5.74) is 4.04. The Morgan fingerprint density at radius 2 is 1.97 bits per heavy atom. The normalized spacial score (nSPS) is 10.6. The summed E-state index contributed by atoms with van der Waals surface area (Å²) in [6.45, 7) is 1.95. The van der Waals surface area contributed by atoms with Gasteiger partial charge in [-0.25, -0.2) is 0 Å². The highest BCUT2D eigenvalue weighted by atomic mass is 32.1. The Labute approximate surface area is 194 Å². The molecule has 0 aliphatic heterocycles. The van der Waals surface area contributed by atoms with Gasteiger partial charge >= 0.3 is 0 Å². The second kappa shape index (κ2) is 10.2. The van der Waals surface area contributed by atoms with E-state index >= 15 is 0 Å². The number of aliphatic hydroxyl groups is 1. The molecule has 3 heterocycles. The van der Waals surface area contributed by atoms with Crippen LogP contribution in [-0.4, -0.2) is 38.3 Å². The molecule has 33 heavy (non-hydrogen) atoms. The molecule has 0 unspecified atom stereocenters. The van der Waals surface area contributed by atoms with Crippen molar-refractivity contribution in [2.45, 2.75) is 20.1 Å². The number of ether oxygens (including phenoxy) is 2. The molecule has 0 fully saturated rings. The lowest BCUT2D eigenvalue weighted by Crippen LogP contribution is -2.14. The number of methoxy groups -OCH3 is 1. The summed E-state index contributed by atoms with van der Waals surface area (Å²) in [6, 6.07) is 12.8. The molecule has 0 aliphatic carbocycles. The zero-order valence-corrected chi connectivity index (χ0v) is 18.8. The molecule has 1 amide bonds. The molecule has 0 radical (unpaired) electrons. The van der Waals surface area contributed by atoms with Crippen molar-refractivity contribution >= 4 is 22.4 Å². The number of anilines is 1. The average Bonchev–Trinajstić information content (AvgIpc) is 3.29. The third-order valence-electron chi connectivity index (χ3n) is 4.72. The molecule has 9 nitrogen and oxygen atoms in total. The average molecular weight is 464 g/mol. The molecule has 0 atom stereocenters. The van der Waals surface area contributed by atoms with Gasteiger partial charge in [0.2, 0.25) is 5.13 Å². The van der Waals surface area contributed by atoms with E-state index in [1.807, 2.05) is 37.3 Å². The largest absolute Gasteiger partial charge is 0.496 e. The molecule has 0 spiro atoms. The van der Waals surface area contributed by atoms with Crippen LogP contribution in [0.4, 0.5) is 5.13 Å². The van der Waals surface area contributed by atoms with Gasteiger partial charge in [0.05, 0.1) is 25.0 Å². The first-order valence-corrected chi connectivity index (χ1v) is 10.8. The third-order valence-corrected chi connectivity index (χ3v) is 5.47. The van der Waals surface area contributed by atoms with Crippen molar-refractivity contribution in [1.29, 1.82) is 0 Å². The number of benzene rings is 1. The van der Waals surface area contributed by atoms with Crippen molar-refractivity contribution in [2.24, 2.45) is 0 Å². The minimum Gasteiger partial charge on any atom is -0.496 e. The molecule has 4 rings (SSSR count). The van der Waals surface area contributed by atoms with Gasteiger partial charge in [0.1, 0.15) is 12.4 Å². The number of nitrogens with one attached hydrogen (secondary N) is 1. The quantitative estimate of drug-likeness (QED) is 0.407. The Hall–Kier alpha value is -3.89. The summed E-state index contributed by atoms with van der Waals surface area (Å²) in [5, 5.41) is 20.5. The molecular formula is C23H21N5O4S. The fraction of sp³-hybridized carbons (Fsp3) is 0.174. The van der Waals surface area contributed by atoms with Gasteiger partial charge in [0.25, 0.3) is 11.1 Å². The Kier molecular flexibility index (Phi) is 6.86. The van der Waals surface area contributed by atoms with Crippen molar-refractivity contribution in [1.82, 2.24) is 20.2 Å². The van der Waals surface area contributed by atoms with E-state index in [-0.39, 0.29) is 24.3 Å². The van der Waals surface area contributed by atoms with Crippen LogP contribution in [-0.2, 0) is 13.2 Å². The van der Waals surface area contributed by atoms with Gasteiger partial charge < -0.3 is 14.6 Å². The maximum absolute atomic E-state index is 13.1. The van der Waals surface area contributed by atoms with E-state index in [1.165, 1.54) is 6.20 Å². The standard InChI is InChI=1S/C23H21N5O4S/c1-14-9-18(17-5-3-4-6-20(17)31-2)19(11-25-14)21(30)26-22-27-28-23(33-22)32-13-16-10-15(12-29)7-8-24-16/h3-11,29H,12-13H2,1-2H3,(H,26,27,30). The second-order valence-corrected chi connectivity index (χ2v) is 7.94. The summed E-state index contributed by atoms with van der Waals surface area (Å²) in [4.78, 5) is 21.5. The van der Waals surface area contributed by atoms with Gasteiger partial charge in [0.15, 0.2) is 0 Å². The minimum absolute atomic E-state index is 0.0742. The van der Waals surface area contributed by atoms with Crippen molar-refractivity contribution in [3.63, 3.8) is 0 Å². The monoisotopic (exact) mass is 463 g/mol. The van der Waals surface area contributed by atoms with Crippen LogP contribution >= 0.6 is 11.3 Å². The van der Waals surface area contributed by atoms with E-state index in [2.05, 4.69) is 25.5 Å². The Balaban J connectivity index is 1.50. The van der Waals surface area contributed by atoms with E-state index in [0.717, 1.165) is 28.2 Å². The summed E-state index contributed by atoms with van der Waals surface area (Å²) >= 11 is 1.10. The van der Waals surface area contributed by atoms with Gasteiger partial charge in [-0.15, -0.1) is 5.10 Å². The van der Waals surface area contributed by atoms with Gasteiger partial charge in [-0.1, -0.05) is 23.3 Å². The number of aromatic nitrogens is 4. The smallest absolute Gasteiger partial charge is 0.296 e. The number of aliphatic hydroxyl groups excluding tert-OH is 1. The van der Waals surface area contributed by atoms with Crippen molar-refractivity contribution in [3.05, 3.63) is 77.4 Å². The number of carbonyl (C=O) groups is 1. The van der Waals surface area contributed by atoms with E-state index < -0.39 is 0 Å². The number of amides is 1. The predicted octanol–water partition coefficient (Wildman–Crippen LogP) is 3.64. The summed E-state index contributed by atoms with van der Waals surface area (Å²) in [7, 11) is 1.59. The molecule has 1 aromatic carbocycles.